The number of aliphatic hydroxyl groups is 1. The summed E-state index contributed by atoms with van der Waals surface area (Å²) in [6.45, 7) is 10.9. The Hall–Kier alpha value is -1.10. The summed E-state index contributed by atoms with van der Waals surface area (Å²) >= 11 is 0. The van der Waals surface area contributed by atoms with E-state index in [2.05, 4.69) is 53.2 Å². The average Bonchev–Trinajstić information content (AvgIpc) is 2.55. The van der Waals surface area contributed by atoms with Gasteiger partial charge < -0.3 is 15.3 Å². The predicted octanol–water partition coefficient (Wildman–Crippen LogP) is 1.86. The van der Waals surface area contributed by atoms with Crippen molar-refractivity contribution in [3.8, 4) is 0 Å². The number of benzene rings is 1. The Kier molecular flexibility index (Phi) is 6.49. The first kappa shape index (κ1) is 16.3. The molecule has 1 heterocycles. The first-order chi connectivity index (χ1) is 10.3. The van der Waals surface area contributed by atoms with Gasteiger partial charge in [0.25, 0.3) is 0 Å². The highest BCUT2D eigenvalue weighted by Crippen LogP contribution is 2.26. The van der Waals surface area contributed by atoms with Crippen LogP contribution >= 0.6 is 0 Å². The summed E-state index contributed by atoms with van der Waals surface area (Å²) < 4.78 is 0. The van der Waals surface area contributed by atoms with Gasteiger partial charge in [0.2, 0.25) is 0 Å². The molecule has 1 aliphatic rings. The second kappa shape index (κ2) is 8.37. The molecule has 1 atom stereocenters. The van der Waals surface area contributed by atoms with Crippen LogP contribution in [-0.2, 0) is 0 Å². The molecule has 1 saturated heterocycles. The van der Waals surface area contributed by atoms with Crippen LogP contribution in [0.4, 0.5) is 5.69 Å². The van der Waals surface area contributed by atoms with Crippen molar-refractivity contribution in [3.63, 3.8) is 0 Å². The molecule has 0 bridgehead atoms. The van der Waals surface area contributed by atoms with E-state index >= 15 is 0 Å². The summed E-state index contributed by atoms with van der Waals surface area (Å²) in [4.78, 5) is 4.84. The summed E-state index contributed by atoms with van der Waals surface area (Å²) in [5.41, 5.74) is 2.61. The number of hydrogen-bond acceptors (Lipinski definition) is 4. The Morgan fingerprint density at radius 2 is 1.76 bits per heavy atom. The highest BCUT2D eigenvalue weighted by molar-refractivity contribution is 5.47. The number of anilines is 1. The zero-order valence-electron chi connectivity index (χ0n) is 13.4. The first-order valence-electron chi connectivity index (χ1n) is 8.20. The summed E-state index contributed by atoms with van der Waals surface area (Å²) in [7, 11) is 0. The highest BCUT2D eigenvalue weighted by atomic mass is 16.3. The Labute approximate surface area is 128 Å². The molecule has 118 valence electrons. The monoisotopic (exact) mass is 291 g/mol. The number of nitrogens with zero attached hydrogens (tertiary/aromatic N) is 2. The van der Waals surface area contributed by atoms with Gasteiger partial charge in [-0.05, 0) is 38.0 Å². The molecular formula is C17H29N3O. The average molecular weight is 291 g/mol. The molecule has 0 unspecified atom stereocenters. The molecule has 0 aliphatic carbocycles. The third-order valence-electron chi connectivity index (χ3n) is 4.40. The van der Waals surface area contributed by atoms with Crippen molar-refractivity contribution in [2.45, 2.75) is 26.3 Å². The SMILES string of the molecule is CCN(CC)c1ccc([C@@H](CCO)N2CCNCC2)cc1. The van der Waals surface area contributed by atoms with Crippen LogP contribution in [0.25, 0.3) is 0 Å². The molecular weight excluding hydrogens is 262 g/mol. The maximum atomic E-state index is 9.40. The number of rotatable bonds is 7. The number of aliphatic hydroxyl groups excluding tert-OH is 1. The predicted molar refractivity (Wildman–Crippen MR) is 88.9 cm³/mol. The van der Waals surface area contributed by atoms with E-state index in [9.17, 15) is 5.11 Å². The molecule has 2 rings (SSSR count). The van der Waals surface area contributed by atoms with Crippen LogP contribution in [0.2, 0.25) is 0 Å². The zero-order chi connectivity index (χ0) is 15.1. The van der Waals surface area contributed by atoms with Crippen LogP contribution in [0.1, 0.15) is 31.9 Å². The second-order valence-electron chi connectivity index (χ2n) is 5.58. The highest BCUT2D eigenvalue weighted by Gasteiger charge is 2.21. The van der Waals surface area contributed by atoms with Crippen molar-refractivity contribution in [2.75, 3.05) is 50.8 Å². The zero-order valence-corrected chi connectivity index (χ0v) is 13.4. The van der Waals surface area contributed by atoms with E-state index in [0.29, 0.717) is 6.04 Å². The van der Waals surface area contributed by atoms with Gasteiger partial charge in [-0.2, -0.15) is 0 Å². The van der Waals surface area contributed by atoms with Crippen molar-refractivity contribution in [3.05, 3.63) is 29.8 Å². The molecule has 1 aromatic carbocycles. The fourth-order valence-corrected chi connectivity index (χ4v) is 3.17. The van der Waals surface area contributed by atoms with Crippen molar-refractivity contribution in [1.29, 1.82) is 0 Å². The summed E-state index contributed by atoms with van der Waals surface area (Å²) in [5, 5.41) is 12.8. The van der Waals surface area contributed by atoms with Crippen LogP contribution in [-0.4, -0.2) is 55.9 Å². The lowest BCUT2D eigenvalue weighted by Crippen LogP contribution is -2.45. The number of hydrogen-bond donors (Lipinski definition) is 2. The van der Waals surface area contributed by atoms with E-state index in [0.717, 1.165) is 45.7 Å². The maximum Gasteiger partial charge on any atom is 0.0449 e. The third kappa shape index (κ3) is 4.19. The van der Waals surface area contributed by atoms with E-state index in [1.807, 2.05) is 0 Å². The van der Waals surface area contributed by atoms with E-state index in [1.54, 1.807) is 0 Å². The van der Waals surface area contributed by atoms with Crippen LogP contribution in [0.3, 0.4) is 0 Å². The van der Waals surface area contributed by atoms with Crippen LogP contribution < -0.4 is 10.2 Å². The number of piperazine rings is 1. The summed E-state index contributed by atoms with van der Waals surface area (Å²) in [6.07, 6.45) is 0.810. The van der Waals surface area contributed by atoms with Crippen molar-refractivity contribution in [1.82, 2.24) is 10.2 Å². The minimum atomic E-state index is 0.242. The molecule has 0 saturated carbocycles. The van der Waals surface area contributed by atoms with Gasteiger partial charge in [-0.3, -0.25) is 4.90 Å². The van der Waals surface area contributed by atoms with E-state index in [-0.39, 0.29) is 6.61 Å². The van der Waals surface area contributed by atoms with Crippen LogP contribution in [0.5, 0.6) is 0 Å². The molecule has 0 amide bonds. The normalized spacial score (nSPS) is 17.7. The van der Waals surface area contributed by atoms with Crippen molar-refractivity contribution >= 4 is 5.69 Å². The van der Waals surface area contributed by atoms with Crippen molar-refractivity contribution in [2.24, 2.45) is 0 Å². The Morgan fingerprint density at radius 1 is 1.14 bits per heavy atom. The molecule has 1 fully saturated rings. The summed E-state index contributed by atoms with van der Waals surface area (Å²) in [5.74, 6) is 0. The lowest BCUT2D eigenvalue weighted by atomic mass is 10.0. The maximum absolute atomic E-state index is 9.40. The van der Waals surface area contributed by atoms with Gasteiger partial charge in [0.05, 0.1) is 0 Å². The van der Waals surface area contributed by atoms with Gasteiger partial charge >= 0.3 is 0 Å². The summed E-state index contributed by atoms with van der Waals surface area (Å²) in [6, 6.07) is 9.23. The Balaban J connectivity index is 2.12. The van der Waals surface area contributed by atoms with Crippen molar-refractivity contribution < 1.29 is 5.11 Å². The van der Waals surface area contributed by atoms with E-state index in [1.165, 1.54) is 11.3 Å². The molecule has 21 heavy (non-hydrogen) atoms. The molecule has 0 spiro atoms. The Morgan fingerprint density at radius 3 is 2.29 bits per heavy atom. The number of nitrogens with one attached hydrogen (secondary N) is 1. The fraction of sp³-hybridized carbons (Fsp3) is 0.647. The molecule has 4 heteroatoms. The van der Waals surface area contributed by atoms with Gasteiger partial charge in [-0.25, -0.2) is 0 Å². The standard InChI is InChI=1S/C17H29N3O/c1-3-19(4-2)16-7-5-15(6-8-16)17(9-14-21)20-12-10-18-11-13-20/h5-8,17-18,21H,3-4,9-14H2,1-2H3/t17-/m1/s1. The molecule has 0 radical (unpaired) electrons. The minimum Gasteiger partial charge on any atom is -0.396 e. The molecule has 1 aromatic rings. The van der Waals surface area contributed by atoms with Gasteiger partial charge in [0.1, 0.15) is 0 Å². The minimum absolute atomic E-state index is 0.242. The largest absolute Gasteiger partial charge is 0.396 e. The van der Waals surface area contributed by atoms with Gasteiger partial charge in [-0.15, -0.1) is 0 Å². The first-order valence-corrected chi connectivity index (χ1v) is 8.20. The molecule has 0 aromatic heterocycles. The van der Waals surface area contributed by atoms with E-state index in [4.69, 9.17) is 0 Å². The Bertz CT molecular complexity index is 397. The molecule has 1 aliphatic heterocycles. The molecule has 2 N–H and O–H groups in total. The van der Waals surface area contributed by atoms with E-state index < -0.39 is 0 Å². The van der Waals surface area contributed by atoms with Gasteiger partial charge in [0.15, 0.2) is 0 Å². The smallest absolute Gasteiger partial charge is 0.0449 e. The lowest BCUT2D eigenvalue weighted by Gasteiger charge is -2.35. The third-order valence-corrected chi connectivity index (χ3v) is 4.40. The van der Waals surface area contributed by atoms with Gasteiger partial charge in [0, 0.05) is 57.6 Å². The topological polar surface area (TPSA) is 38.7 Å². The lowest BCUT2D eigenvalue weighted by molar-refractivity contribution is 0.141. The van der Waals surface area contributed by atoms with Crippen LogP contribution in [0.15, 0.2) is 24.3 Å². The van der Waals surface area contributed by atoms with Gasteiger partial charge in [-0.1, -0.05) is 12.1 Å². The molecule has 4 nitrogen and oxygen atoms in total. The van der Waals surface area contributed by atoms with Crippen LogP contribution in [0, 0.1) is 0 Å². The quantitative estimate of drug-likeness (QED) is 0.804. The fourth-order valence-electron chi connectivity index (χ4n) is 3.17. The second-order valence-corrected chi connectivity index (χ2v) is 5.58.